The van der Waals surface area contributed by atoms with Crippen molar-refractivity contribution >= 4 is 35.6 Å². The zero-order chi connectivity index (χ0) is 20.6. The van der Waals surface area contributed by atoms with Crippen LogP contribution in [0.1, 0.15) is 11.4 Å². The van der Waals surface area contributed by atoms with Crippen LogP contribution in [-0.2, 0) is 13.0 Å². The van der Waals surface area contributed by atoms with Crippen molar-refractivity contribution in [3.63, 3.8) is 0 Å². The molecule has 2 aromatic heterocycles. The van der Waals surface area contributed by atoms with Gasteiger partial charge in [0.25, 0.3) is 0 Å². The number of rotatable bonds is 8. The summed E-state index contributed by atoms with van der Waals surface area (Å²) < 4.78 is 18.1. The number of nitrogens with zero attached hydrogens (tertiary/aromatic N) is 4. The number of aliphatic imine (C=N–C) groups is 1. The van der Waals surface area contributed by atoms with E-state index >= 15 is 0 Å². The average molecular weight is 526 g/mol. The Bertz CT molecular complexity index is 967. The summed E-state index contributed by atoms with van der Waals surface area (Å²) in [6, 6.07) is 9.65. The molecule has 0 saturated heterocycles. The molecule has 0 aliphatic carbocycles. The highest BCUT2D eigenvalue weighted by atomic mass is 127. The van der Waals surface area contributed by atoms with Crippen LogP contribution in [0.15, 0.2) is 41.5 Å². The van der Waals surface area contributed by atoms with E-state index in [4.69, 9.17) is 14.2 Å². The summed E-state index contributed by atoms with van der Waals surface area (Å²) in [5.74, 6) is 3.39. The molecule has 0 fully saturated rings. The van der Waals surface area contributed by atoms with Crippen LogP contribution >= 0.6 is 24.0 Å². The van der Waals surface area contributed by atoms with Crippen LogP contribution in [-0.4, -0.2) is 55.5 Å². The Morgan fingerprint density at radius 2 is 1.77 bits per heavy atom. The largest absolute Gasteiger partial charge is 0.493 e. The van der Waals surface area contributed by atoms with Crippen molar-refractivity contribution in [2.24, 2.45) is 4.99 Å². The molecule has 2 N–H and O–H groups in total. The fraction of sp³-hybridized carbons (Fsp3) is 0.350. The lowest BCUT2D eigenvalue weighted by atomic mass is 10.2. The molecule has 162 valence electrons. The van der Waals surface area contributed by atoms with E-state index in [1.807, 2.05) is 40.9 Å². The molecular formula is C20H27IN6O3. The first-order valence-electron chi connectivity index (χ1n) is 9.22. The van der Waals surface area contributed by atoms with Gasteiger partial charge in [-0.1, -0.05) is 6.07 Å². The van der Waals surface area contributed by atoms with Crippen LogP contribution in [0.5, 0.6) is 17.2 Å². The van der Waals surface area contributed by atoms with E-state index < -0.39 is 0 Å². The molecule has 2 heterocycles. The third-order valence-corrected chi connectivity index (χ3v) is 4.43. The molecule has 0 unspecified atom stereocenters. The number of fused-ring (bicyclic) bond motifs is 1. The maximum Gasteiger partial charge on any atom is 0.203 e. The lowest BCUT2D eigenvalue weighted by Crippen LogP contribution is -2.38. The molecule has 0 spiro atoms. The number of hydrogen-bond donors (Lipinski definition) is 2. The summed E-state index contributed by atoms with van der Waals surface area (Å²) in [6.45, 7) is 1.22. The van der Waals surface area contributed by atoms with Gasteiger partial charge in [0.2, 0.25) is 5.75 Å². The van der Waals surface area contributed by atoms with Gasteiger partial charge in [0.05, 0.1) is 21.3 Å². The molecule has 3 rings (SSSR count). The maximum absolute atomic E-state index is 5.40. The number of halogens is 1. The number of aromatic nitrogens is 3. The second kappa shape index (κ2) is 11.4. The summed E-state index contributed by atoms with van der Waals surface area (Å²) in [6.07, 6.45) is 2.68. The Hall–Kier alpha value is -2.76. The minimum atomic E-state index is 0. The van der Waals surface area contributed by atoms with Gasteiger partial charge in [-0.3, -0.25) is 9.39 Å². The minimum Gasteiger partial charge on any atom is -0.493 e. The van der Waals surface area contributed by atoms with Gasteiger partial charge < -0.3 is 24.8 Å². The Balaban J connectivity index is 0.00000320. The summed E-state index contributed by atoms with van der Waals surface area (Å²) in [5.41, 5.74) is 1.82. The van der Waals surface area contributed by atoms with Gasteiger partial charge in [0.15, 0.2) is 23.1 Å². The number of hydrogen-bond acceptors (Lipinski definition) is 6. The van der Waals surface area contributed by atoms with Crippen molar-refractivity contribution in [2.45, 2.75) is 13.0 Å². The number of ether oxygens (including phenoxy) is 3. The maximum atomic E-state index is 5.40. The van der Waals surface area contributed by atoms with Crippen LogP contribution in [0.3, 0.4) is 0 Å². The zero-order valence-electron chi connectivity index (χ0n) is 17.5. The summed E-state index contributed by atoms with van der Waals surface area (Å²) >= 11 is 0. The van der Waals surface area contributed by atoms with E-state index in [-0.39, 0.29) is 24.0 Å². The lowest BCUT2D eigenvalue weighted by Gasteiger charge is -2.15. The van der Waals surface area contributed by atoms with Gasteiger partial charge in [0, 0.05) is 32.8 Å². The van der Waals surface area contributed by atoms with Gasteiger partial charge in [-0.25, -0.2) is 0 Å². The Morgan fingerprint density at radius 1 is 1.03 bits per heavy atom. The van der Waals surface area contributed by atoms with Gasteiger partial charge in [-0.05, 0) is 29.8 Å². The number of benzene rings is 1. The smallest absolute Gasteiger partial charge is 0.203 e. The molecular weight excluding hydrogens is 499 g/mol. The van der Waals surface area contributed by atoms with E-state index in [0.717, 1.165) is 23.5 Å². The third kappa shape index (κ3) is 5.43. The molecule has 1 aromatic carbocycles. The van der Waals surface area contributed by atoms with Gasteiger partial charge in [0.1, 0.15) is 5.82 Å². The molecule has 9 nitrogen and oxygen atoms in total. The first-order valence-corrected chi connectivity index (χ1v) is 9.22. The first-order chi connectivity index (χ1) is 14.2. The predicted octanol–water partition coefficient (Wildman–Crippen LogP) is 2.28. The van der Waals surface area contributed by atoms with Gasteiger partial charge in [-0.2, -0.15) is 0 Å². The van der Waals surface area contributed by atoms with Crippen LogP contribution in [0.4, 0.5) is 0 Å². The molecule has 0 saturated carbocycles. The van der Waals surface area contributed by atoms with Crippen molar-refractivity contribution in [1.82, 2.24) is 25.2 Å². The Kier molecular flexibility index (Phi) is 8.96. The second-order valence-electron chi connectivity index (χ2n) is 6.18. The molecule has 0 aliphatic heterocycles. The highest BCUT2D eigenvalue weighted by Crippen LogP contribution is 2.38. The monoisotopic (exact) mass is 526 g/mol. The van der Waals surface area contributed by atoms with E-state index in [2.05, 4.69) is 25.8 Å². The number of nitrogens with one attached hydrogen (secondary N) is 2. The topological polar surface area (TPSA) is 94.3 Å². The van der Waals surface area contributed by atoms with Crippen molar-refractivity contribution < 1.29 is 14.2 Å². The summed E-state index contributed by atoms with van der Waals surface area (Å²) in [5, 5.41) is 15.0. The quantitative estimate of drug-likeness (QED) is 0.264. The molecule has 30 heavy (non-hydrogen) atoms. The van der Waals surface area contributed by atoms with E-state index in [0.29, 0.717) is 36.3 Å². The highest BCUT2D eigenvalue weighted by molar-refractivity contribution is 14.0. The standard InChI is InChI=1S/C20H26N6O3.HI/c1-21-20(22-9-8-18-25-24-17-7-5-6-10-26(17)18)23-13-14-11-15(27-2)19(29-4)16(12-14)28-3;/h5-7,10-12H,8-9,13H2,1-4H3,(H2,21,22,23);1H. The number of guanidine groups is 1. The Morgan fingerprint density at radius 3 is 2.40 bits per heavy atom. The molecule has 10 heteroatoms. The highest BCUT2D eigenvalue weighted by Gasteiger charge is 2.13. The van der Waals surface area contributed by atoms with E-state index in [9.17, 15) is 0 Å². The normalized spacial score (nSPS) is 11.0. The molecule has 3 aromatic rings. The minimum absolute atomic E-state index is 0. The van der Waals surface area contributed by atoms with Gasteiger partial charge in [-0.15, -0.1) is 34.2 Å². The van der Waals surface area contributed by atoms with Crippen LogP contribution < -0.4 is 24.8 Å². The zero-order valence-corrected chi connectivity index (χ0v) is 19.8. The van der Waals surface area contributed by atoms with Crippen molar-refractivity contribution in [1.29, 1.82) is 0 Å². The van der Waals surface area contributed by atoms with Gasteiger partial charge >= 0.3 is 0 Å². The average Bonchev–Trinajstić information content (AvgIpc) is 3.18. The summed E-state index contributed by atoms with van der Waals surface area (Å²) in [4.78, 5) is 4.27. The first kappa shape index (κ1) is 23.5. The fourth-order valence-corrected chi connectivity index (χ4v) is 3.00. The van der Waals surface area contributed by atoms with Crippen LogP contribution in [0.2, 0.25) is 0 Å². The Labute approximate surface area is 192 Å². The SMILES string of the molecule is CN=C(NCCc1nnc2ccccn12)NCc1cc(OC)c(OC)c(OC)c1.I. The molecule has 0 amide bonds. The van der Waals surface area contributed by atoms with E-state index in [1.165, 1.54) is 0 Å². The van der Waals surface area contributed by atoms with Crippen LogP contribution in [0.25, 0.3) is 5.65 Å². The lowest BCUT2D eigenvalue weighted by molar-refractivity contribution is 0.323. The molecule has 0 bridgehead atoms. The van der Waals surface area contributed by atoms with Crippen LogP contribution in [0, 0.1) is 0 Å². The molecule has 0 aliphatic rings. The van der Waals surface area contributed by atoms with Crippen molar-refractivity contribution in [2.75, 3.05) is 34.9 Å². The number of pyridine rings is 1. The third-order valence-electron chi connectivity index (χ3n) is 4.43. The number of methoxy groups -OCH3 is 3. The molecule has 0 radical (unpaired) electrons. The summed E-state index contributed by atoms with van der Waals surface area (Å²) in [7, 11) is 6.52. The van der Waals surface area contributed by atoms with Crippen molar-refractivity contribution in [3.8, 4) is 17.2 Å². The van der Waals surface area contributed by atoms with E-state index in [1.54, 1.807) is 28.4 Å². The molecule has 0 atom stereocenters. The second-order valence-corrected chi connectivity index (χ2v) is 6.18. The predicted molar refractivity (Wildman–Crippen MR) is 126 cm³/mol. The fourth-order valence-electron chi connectivity index (χ4n) is 3.00. The van der Waals surface area contributed by atoms with Crippen molar-refractivity contribution in [3.05, 3.63) is 47.9 Å².